The summed E-state index contributed by atoms with van der Waals surface area (Å²) in [6.07, 6.45) is 4.55. The maximum atomic E-state index is 5.54. The van der Waals surface area contributed by atoms with Crippen molar-refractivity contribution >= 4 is 5.95 Å². The number of hydrogen-bond acceptors (Lipinski definition) is 10. The van der Waals surface area contributed by atoms with Gasteiger partial charge in [0, 0.05) is 38.6 Å². The fraction of sp³-hybridized carbons (Fsp3) is 0.429. The monoisotopic (exact) mass is 426 g/mol. The van der Waals surface area contributed by atoms with Crippen LogP contribution in [0.4, 0.5) is 5.95 Å². The molecule has 0 aliphatic carbocycles. The standard InChI is InChI=1S/C21H26N6O4/c1-28-16-7-6-15(18(29-2)19(16)30-3)20-24-17(31-25-20)14-26-10-5-11-27(13-12-26)21-22-8-4-9-23-21/h4,6-9H,5,10-14H2,1-3H3. The number of hydrogen-bond donors (Lipinski definition) is 0. The maximum Gasteiger partial charge on any atom is 0.241 e. The normalized spacial score (nSPS) is 14.9. The van der Waals surface area contributed by atoms with Gasteiger partial charge in [-0.25, -0.2) is 9.97 Å². The molecule has 2 aromatic heterocycles. The molecule has 0 atom stereocenters. The molecule has 10 nitrogen and oxygen atoms in total. The summed E-state index contributed by atoms with van der Waals surface area (Å²) in [5, 5.41) is 4.16. The number of anilines is 1. The van der Waals surface area contributed by atoms with Gasteiger partial charge in [-0.2, -0.15) is 4.98 Å². The van der Waals surface area contributed by atoms with E-state index in [-0.39, 0.29) is 0 Å². The maximum absolute atomic E-state index is 5.54. The first-order valence-corrected chi connectivity index (χ1v) is 10.1. The quantitative estimate of drug-likeness (QED) is 0.559. The molecule has 0 radical (unpaired) electrons. The number of rotatable bonds is 7. The molecule has 10 heteroatoms. The Morgan fingerprint density at radius 1 is 0.935 bits per heavy atom. The van der Waals surface area contributed by atoms with E-state index in [2.05, 4.69) is 29.9 Å². The molecule has 0 spiro atoms. The molecule has 1 aromatic carbocycles. The molecule has 1 fully saturated rings. The molecule has 0 bridgehead atoms. The molecule has 0 unspecified atom stereocenters. The molecule has 3 heterocycles. The molecular formula is C21H26N6O4. The van der Waals surface area contributed by atoms with E-state index < -0.39 is 0 Å². The highest BCUT2D eigenvalue weighted by molar-refractivity contribution is 5.72. The van der Waals surface area contributed by atoms with Crippen molar-refractivity contribution in [3.05, 3.63) is 36.5 Å². The number of ether oxygens (including phenoxy) is 3. The number of benzene rings is 1. The van der Waals surface area contributed by atoms with Crippen LogP contribution in [0.1, 0.15) is 12.3 Å². The van der Waals surface area contributed by atoms with Crippen LogP contribution in [0.2, 0.25) is 0 Å². The largest absolute Gasteiger partial charge is 0.493 e. The van der Waals surface area contributed by atoms with Crippen LogP contribution in [-0.4, -0.2) is 72.5 Å². The summed E-state index contributed by atoms with van der Waals surface area (Å²) in [7, 11) is 4.71. The van der Waals surface area contributed by atoms with E-state index >= 15 is 0 Å². The van der Waals surface area contributed by atoms with Crippen molar-refractivity contribution in [1.29, 1.82) is 0 Å². The first kappa shape index (κ1) is 20.9. The topological polar surface area (TPSA) is 98.9 Å². The Morgan fingerprint density at radius 2 is 1.74 bits per heavy atom. The summed E-state index contributed by atoms with van der Waals surface area (Å²) in [6.45, 7) is 4.12. The van der Waals surface area contributed by atoms with E-state index in [1.54, 1.807) is 39.8 Å². The zero-order valence-electron chi connectivity index (χ0n) is 17.9. The van der Waals surface area contributed by atoms with Gasteiger partial charge >= 0.3 is 0 Å². The fourth-order valence-electron chi connectivity index (χ4n) is 3.68. The van der Waals surface area contributed by atoms with Gasteiger partial charge in [0.2, 0.25) is 23.4 Å². The highest BCUT2D eigenvalue weighted by Crippen LogP contribution is 2.43. The third kappa shape index (κ3) is 4.53. The number of aromatic nitrogens is 4. The van der Waals surface area contributed by atoms with Crippen LogP contribution >= 0.6 is 0 Å². The Kier molecular flexibility index (Phi) is 6.46. The zero-order chi connectivity index (χ0) is 21.6. The molecule has 1 saturated heterocycles. The predicted octanol–water partition coefficient (Wildman–Crippen LogP) is 2.26. The van der Waals surface area contributed by atoms with Crippen LogP contribution in [0.25, 0.3) is 11.4 Å². The third-order valence-corrected chi connectivity index (χ3v) is 5.20. The van der Waals surface area contributed by atoms with Crippen molar-refractivity contribution in [2.75, 3.05) is 52.4 Å². The molecule has 31 heavy (non-hydrogen) atoms. The van der Waals surface area contributed by atoms with Gasteiger partial charge < -0.3 is 23.6 Å². The van der Waals surface area contributed by atoms with Crippen molar-refractivity contribution in [1.82, 2.24) is 25.0 Å². The van der Waals surface area contributed by atoms with Crippen molar-refractivity contribution in [3.8, 4) is 28.6 Å². The SMILES string of the molecule is COc1ccc(-c2noc(CN3CCCN(c4ncccn4)CC3)n2)c(OC)c1OC. The minimum absolute atomic E-state index is 0.446. The number of nitrogens with zero attached hydrogens (tertiary/aromatic N) is 6. The van der Waals surface area contributed by atoms with E-state index in [9.17, 15) is 0 Å². The average molecular weight is 426 g/mol. The molecule has 3 aromatic rings. The van der Waals surface area contributed by atoms with Crippen molar-refractivity contribution in [2.45, 2.75) is 13.0 Å². The lowest BCUT2D eigenvalue weighted by Crippen LogP contribution is -2.31. The molecule has 1 aliphatic rings. The van der Waals surface area contributed by atoms with E-state index in [1.807, 2.05) is 12.1 Å². The van der Waals surface area contributed by atoms with Crippen molar-refractivity contribution in [3.63, 3.8) is 0 Å². The van der Waals surface area contributed by atoms with Gasteiger partial charge in [0.05, 0.1) is 33.4 Å². The lowest BCUT2D eigenvalue weighted by atomic mass is 10.1. The Morgan fingerprint density at radius 3 is 2.48 bits per heavy atom. The third-order valence-electron chi connectivity index (χ3n) is 5.20. The van der Waals surface area contributed by atoms with Crippen molar-refractivity contribution in [2.24, 2.45) is 0 Å². The van der Waals surface area contributed by atoms with Gasteiger partial charge in [0.15, 0.2) is 11.5 Å². The summed E-state index contributed by atoms with van der Waals surface area (Å²) < 4.78 is 21.9. The first-order valence-electron chi connectivity index (χ1n) is 10.1. The Bertz CT molecular complexity index is 997. The molecular weight excluding hydrogens is 400 g/mol. The van der Waals surface area contributed by atoms with Gasteiger partial charge in [-0.15, -0.1) is 0 Å². The van der Waals surface area contributed by atoms with Gasteiger partial charge in [0.1, 0.15) is 0 Å². The molecule has 0 saturated carbocycles. The van der Waals surface area contributed by atoms with Crippen LogP contribution in [0.15, 0.2) is 35.1 Å². The smallest absolute Gasteiger partial charge is 0.241 e. The summed E-state index contributed by atoms with van der Waals surface area (Å²) in [5.74, 6) is 3.33. The lowest BCUT2D eigenvalue weighted by Gasteiger charge is -2.20. The second-order valence-electron chi connectivity index (χ2n) is 7.06. The summed E-state index contributed by atoms with van der Waals surface area (Å²) in [6, 6.07) is 5.45. The van der Waals surface area contributed by atoms with E-state index in [4.69, 9.17) is 18.7 Å². The lowest BCUT2D eigenvalue weighted by molar-refractivity contribution is 0.239. The van der Waals surface area contributed by atoms with Gasteiger partial charge in [-0.05, 0) is 24.6 Å². The van der Waals surface area contributed by atoms with Crippen LogP contribution in [0.3, 0.4) is 0 Å². The van der Waals surface area contributed by atoms with Crippen LogP contribution in [0.5, 0.6) is 17.2 Å². The van der Waals surface area contributed by atoms with Crippen LogP contribution in [-0.2, 0) is 6.54 Å². The van der Waals surface area contributed by atoms with Gasteiger partial charge in [0.25, 0.3) is 0 Å². The second kappa shape index (κ2) is 9.61. The fourth-order valence-corrected chi connectivity index (χ4v) is 3.68. The molecule has 1 aliphatic heterocycles. The molecule has 0 amide bonds. The zero-order valence-corrected chi connectivity index (χ0v) is 17.9. The Labute approximate surface area is 180 Å². The van der Waals surface area contributed by atoms with Crippen LogP contribution in [0, 0.1) is 0 Å². The van der Waals surface area contributed by atoms with E-state index in [0.29, 0.717) is 41.1 Å². The Hall–Kier alpha value is -3.40. The summed E-state index contributed by atoms with van der Waals surface area (Å²) in [5.41, 5.74) is 0.679. The van der Waals surface area contributed by atoms with Gasteiger partial charge in [-0.1, -0.05) is 5.16 Å². The van der Waals surface area contributed by atoms with Gasteiger partial charge in [-0.3, -0.25) is 4.90 Å². The summed E-state index contributed by atoms with van der Waals surface area (Å²) >= 11 is 0. The molecule has 4 rings (SSSR count). The highest BCUT2D eigenvalue weighted by atomic mass is 16.5. The molecule has 164 valence electrons. The average Bonchev–Trinajstić information content (AvgIpc) is 3.15. The van der Waals surface area contributed by atoms with Crippen molar-refractivity contribution < 1.29 is 18.7 Å². The number of methoxy groups -OCH3 is 3. The van der Waals surface area contributed by atoms with E-state index in [1.165, 1.54) is 0 Å². The molecule has 0 N–H and O–H groups in total. The Balaban J connectivity index is 1.46. The minimum atomic E-state index is 0.446. The highest BCUT2D eigenvalue weighted by Gasteiger charge is 2.22. The first-order chi connectivity index (χ1) is 15.2. The van der Waals surface area contributed by atoms with Crippen LogP contribution < -0.4 is 19.1 Å². The predicted molar refractivity (Wildman–Crippen MR) is 114 cm³/mol. The van der Waals surface area contributed by atoms with E-state index in [0.717, 1.165) is 38.5 Å². The summed E-state index contributed by atoms with van der Waals surface area (Å²) in [4.78, 5) is 17.8. The second-order valence-corrected chi connectivity index (χ2v) is 7.06. The minimum Gasteiger partial charge on any atom is -0.493 e.